The zero-order valence-corrected chi connectivity index (χ0v) is 12.1. The first-order valence-corrected chi connectivity index (χ1v) is 7.45. The van der Waals surface area contributed by atoms with Crippen molar-refractivity contribution >= 4 is 0 Å². The third kappa shape index (κ3) is 4.45. The van der Waals surface area contributed by atoms with E-state index in [2.05, 4.69) is 0 Å². The molecule has 0 radical (unpaired) electrons. The molecular formula is C16H22F3NO. The zero-order valence-electron chi connectivity index (χ0n) is 12.1. The van der Waals surface area contributed by atoms with Crippen LogP contribution in [0.15, 0.2) is 24.3 Å². The summed E-state index contributed by atoms with van der Waals surface area (Å²) in [5.41, 5.74) is 5.69. The van der Waals surface area contributed by atoms with E-state index < -0.39 is 11.7 Å². The van der Waals surface area contributed by atoms with E-state index >= 15 is 0 Å². The number of hydrogen-bond acceptors (Lipinski definition) is 2. The molecule has 1 aromatic rings. The zero-order chi connectivity index (χ0) is 15.3. The molecule has 0 amide bonds. The molecule has 0 atom stereocenters. The van der Waals surface area contributed by atoms with Crippen LogP contribution in [0.25, 0.3) is 0 Å². The Labute approximate surface area is 123 Å². The van der Waals surface area contributed by atoms with Crippen LogP contribution >= 0.6 is 0 Å². The molecule has 21 heavy (non-hydrogen) atoms. The number of benzene rings is 1. The smallest absolute Gasteiger partial charge is 0.369 e. The predicted octanol–water partition coefficient (Wildman–Crippen LogP) is 4.27. The fraction of sp³-hybridized carbons (Fsp3) is 0.625. The van der Waals surface area contributed by atoms with Crippen LogP contribution in [-0.4, -0.2) is 12.1 Å². The molecule has 1 aromatic carbocycles. The van der Waals surface area contributed by atoms with E-state index in [0.717, 1.165) is 43.4 Å². The first-order chi connectivity index (χ1) is 9.95. The molecule has 0 aromatic heterocycles. The fourth-order valence-corrected chi connectivity index (χ4v) is 2.81. The molecule has 118 valence electrons. The lowest BCUT2D eigenvalue weighted by molar-refractivity contribution is -0.137. The summed E-state index contributed by atoms with van der Waals surface area (Å²) in [6.45, 7) is 0.781. The Morgan fingerprint density at radius 2 is 1.57 bits per heavy atom. The maximum atomic E-state index is 12.5. The first-order valence-electron chi connectivity index (χ1n) is 7.45. The lowest BCUT2D eigenvalue weighted by Gasteiger charge is -2.31. The molecule has 1 aliphatic rings. The molecule has 5 heteroatoms. The lowest BCUT2D eigenvalue weighted by Crippen LogP contribution is -2.40. The quantitative estimate of drug-likeness (QED) is 0.843. The molecule has 1 saturated carbocycles. The van der Waals surface area contributed by atoms with Crippen molar-refractivity contribution in [3.63, 3.8) is 0 Å². The Balaban J connectivity index is 1.97. The van der Waals surface area contributed by atoms with Gasteiger partial charge in [0.25, 0.3) is 0 Å². The van der Waals surface area contributed by atoms with Crippen LogP contribution in [0.3, 0.4) is 0 Å². The Morgan fingerprint density at radius 1 is 1.00 bits per heavy atom. The SMILES string of the molecule is NCC1(OCc2ccc(C(F)(F)F)cc2)CCCCCC1. The second-order valence-electron chi connectivity index (χ2n) is 5.78. The van der Waals surface area contributed by atoms with Crippen molar-refractivity contribution in [1.29, 1.82) is 0 Å². The minimum Gasteiger partial charge on any atom is -0.369 e. The molecular weight excluding hydrogens is 279 g/mol. The number of rotatable bonds is 4. The van der Waals surface area contributed by atoms with Crippen LogP contribution in [0, 0.1) is 0 Å². The Kier molecular flexibility index (Phi) is 5.27. The topological polar surface area (TPSA) is 35.2 Å². The van der Waals surface area contributed by atoms with E-state index in [1.165, 1.54) is 25.0 Å². The molecule has 2 nitrogen and oxygen atoms in total. The third-order valence-electron chi connectivity index (χ3n) is 4.21. The van der Waals surface area contributed by atoms with Gasteiger partial charge in [0, 0.05) is 6.54 Å². The second kappa shape index (κ2) is 6.79. The first kappa shape index (κ1) is 16.3. The molecule has 2 rings (SSSR count). The van der Waals surface area contributed by atoms with Crippen molar-refractivity contribution in [3.8, 4) is 0 Å². The molecule has 1 aliphatic carbocycles. The van der Waals surface area contributed by atoms with E-state index in [0.29, 0.717) is 13.2 Å². The van der Waals surface area contributed by atoms with Crippen molar-refractivity contribution in [2.24, 2.45) is 5.73 Å². The van der Waals surface area contributed by atoms with E-state index in [4.69, 9.17) is 10.5 Å². The number of ether oxygens (including phenoxy) is 1. The molecule has 0 bridgehead atoms. The summed E-state index contributed by atoms with van der Waals surface area (Å²) >= 11 is 0. The van der Waals surface area contributed by atoms with E-state index in [1.54, 1.807) is 0 Å². The van der Waals surface area contributed by atoms with Crippen LogP contribution in [0.4, 0.5) is 13.2 Å². The van der Waals surface area contributed by atoms with Crippen LogP contribution in [0.5, 0.6) is 0 Å². The molecule has 2 N–H and O–H groups in total. The normalized spacial score (nSPS) is 19.2. The molecule has 1 fully saturated rings. The van der Waals surface area contributed by atoms with Crippen LogP contribution in [0.1, 0.15) is 49.7 Å². The highest BCUT2D eigenvalue weighted by molar-refractivity contribution is 5.24. The summed E-state index contributed by atoms with van der Waals surface area (Å²) in [7, 11) is 0. The standard InChI is InChI=1S/C16H22F3NO/c17-16(18,19)14-7-5-13(6-8-14)11-21-15(12-20)9-3-1-2-4-10-15/h5-8H,1-4,9-12,20H2. The van der Waals surface area contributed by atoms with Crippen molar-refractivity contribution in [2.45, 2.75) is 56.9 Å². The van der Waals surface area contributed by atoms with Gasteiger partial charge < -0.3 is 10.5 Å². The minimum absolute atomic E-state index is 0.306. The molecule has 0 saturated heterocycles. The maximum Gasteiger partial charge on any atom is 0.416 e. The number of nitrogens with two attached hydrogens (primary N) is 1. The summed E-state index contributed by atoms with van der Waals surface area (Å²) in [5, 5.41) is 0. The summed E-state index contributed by atoms with van der Waals surface area (Å²) < 4.78 is 43.5. The van der Waals surface area contributed by atoms with Crippen molar-refractivity contribution in [3.05, 3.63) is 35.4 Å². The average molecular weight is 301 g/mol. The predicted molar refractivity (Wildman–Crippen MR) is 75.7 cm³/mol. The largest absolute Gasteiger partial charge is 0.416 e. The molecule has 0 spiro atoms. The Bertz CT molecular complexity index is 434. The van der Waals surface area contributed by atoms with E-state index in [9.17, 15) is 13.2 Å². The summed E-state index contributed by atoms with van der Waals surface area (Å²) in [6.07, 6.45) is 2.18. The molecule has 0 aliphatic heterocycles. The highest BCUT2D eigenvalue weighted by atomic mass is 19.4. The lowest BCUT2D eigenvalue weighted by atomic mass is 9.94. The van der Waals surface area contributed by atoms with Crippen LogP contribution in [0.2, 0.25) is 0 Å². The summed E-state index contributed by atoms with van der Waals surface area (Å²) in [6, 6.07) is 5.15. The van der Waals surface area contributed by atoms with E-state index in [1.807, 2.05) is 0 Å². The molecule has 0 unspecified atom stereocenters. The Hall–Kier alpha value is -1.07. The van der Waals surface area contributed by atoms with Crippen molar-refractivity contribution < 1.29 is 17.9 Å². The van der Waals surface area contributed by atoms with Gasteiger partial charge in [-0.05, 0) is 30.5 Å². The Morgan fingerprint density at radius 3 is 2.05 bits per heavy atom. The molecule has 0 heterocycles. The average Bonchev–Trinajstić information content (AvgIpc) is 2.71. The number of alkyl halides is 3. The van der Waals surface area contributed by atoms with Gasteiger partial charge in [-0.1, -0.05) is 37.8 Å². The van der Waals surface area contributed by atoms with Gasteiger partial charge in [0.2, 0.25) is 0 Å². The highest BCUT2D eigenvalue weighted by Crippen LogP contribution is 2.32. The van der Waals surface area contributed by atoms with Gasteiger partial charge in [-0.2, -0.15) is 13.2 Å². The van der Waals surface area contributed by atoms with Gasteiger partial charge in [-0.25, -0.2) is 0 Å². The van der Waals surface area contributed by atoms with Gasteiger partial charge in [-0.3, -0.25) is 0 Å². The van der Waals surface area contributed by atoms with Gasteiger partial charge >= 0.3 is 6.18 Å². The van der Waals surface area contributed by atoms with Crippen LogP contribution < -0.4 is 5.73 Å². The van der Waals surface area contributed by atoms with Gasteiger partial charge in [0.05, 0.1) is 17.8 Å². The minimum atomic E-state index is -4.29. The third-order valence-corrected chi connectivity index (χ3v) is 4.21. The highest BCUT2D eigenvalue weighted by Gasteiger charge is 2.31. The maximum absolute atomic E-state index is 12.5. The van der Waals surface area contributed by atoms with Crippen molar-refractivity contribution in [2.75, 3.05) is 6.54 Å². The van der Waals surface area contributed by atoms with Gasteiger partial charge in [0.15, 0.2) is 0 Å². The van der Waals surface area contributed by atoms with Crippen molar-refractivity contribution in [1.82, 2.24) is 0 Å². The monoisotopic (exact) mass is 301 g/mol. The summed E-state index contributed by atoms with van der Waals surface area (Å²) in [4.78, 5) is 0. The van der Waals surface area contributed by atoms with E-state index in [-0.39, 0.29) is 5.60 Å². The summed E-state index contributed by atoms with van der Waals surface area (Å²) in [5.74, 6) is 0. The van der Waals surface area contributed by atoms with Gasteiger partial charge in [0.1, 0.15) is 0 Å². The van der Waals surface area contributed by atoms with Gasteiger partial charge in [-0.15, -0.1) is 0 Å². The van der Waals surface area contributed by atoms with Crippen LogP contribution in [-0.2, 0) is 17.5 Å². The number of halogens is 3. The fourth-order valence-electron chi connectivity index (χ4n) is 2.81. The second-order valence-corrected chi connectivity index (χ2v) is 5.78. The number of hydrogen-bond donors (Lipinski definition) is 1.